The first-order chi connectivity index (χ1) is 12.2. The molecule has 0 saturated heterocycles. The normalized spacial score (nSPS) is 10.8. The molecule has 0 spiro atoms. The second-order valence-corrected chi connectivity index (χ2v) is 7.01. The van der Waals surface area contributed by atoms with Crippen molar-refractivity contribution in [3.8, 4) is 10.4 Å². The molecule has 2 heterocycles. The summed E-state index contributed by atoms with van der Waals surface area (Å²) in [5.74, 6) is 0.834. The van der Waals surface area contributed by atoms with Crippen molar-refractivity contribution in [2.75, 3.05) is 24.3 Å². The molecule has 0 aliphatic heterocycles. The van der Waals surface area contributed by atoms with Crippen molar-refractivity contribution in [1.82, 2.24) is 9.97 Å². The molecule has 4 nitrogen and oxygen atoms in total. The van der Waals surface area contributed by atoms with Gasteiger partial charge >= 0.3 is 0 Å². The fourth-order valence-corrected chi connectivity index (χ4v) is 3.68. The third kappa shape index (κ3) is 3.19. The van der Waals surface area contributed by atoms with E-state index in [0.717, 1.165) is 21.7 Å². The van der Waals surface area contributed by atoms with Gasteiger partial charge in [-0.05, 0) is 35.9 Å². The van der Waals surface area contributed by atoms with Gasteiger partial charge in [-0.1, -0.05) is 30.3 Å². The highest BCUT2D eigenvalue weighted by molar-refractivity contribution is 7.21. The van der Waals surface area contributed by atoms with Crippen LogP contribution >= 0.6 is 11.3 Å². The zero-order chi connectivity index (χ0) is 17.2. The number of thiophene rings is 1. The molecule has 0 amide bonds. The zero-order valence-electron chi connectivity index (χ0n) is 14.1. The third-order valence-electron chi connectivity index (χ3n) is 4.03. The monoisotopic (exact) mass is 346 g/mol. The Morgan fingerprint density at radius 3 is 2.40 bits per heavy atom. The van der Waals surface area contributed by atoms with Crippen LogP contribution in [-0.4, -0.2) is 24.1 Å². The first-order valence-electron chi connectivity index (χ1n) is 8.05. The van der Waals surface area contributed by atoms with E-state index < -0.39 is 0 Å². The van der Waals surface area contributed by atoms with Crippen LogP contribution in [0, 0.1) is 0 Å². The Morgan fingerprint density at radius 1 is 0.920 bits per heavy atom. The molecule has 0 bridgehead atoms. The van der Waals surface area contributed by atoms with Crippen molar-refractivity contribution in [2.24, 2.45) is 0 Å². The predicted octanol–water partition coefficient (Wildman–Crippen LogP) is 5.17. The van der Waals surface area contributed by atoms with Crippen LogP contribution in [0.2, 0.25) is 0 Å². The second-order valence-electron chi connectivity index (χ2n) is 5.98. The molecule has 2 aromatic carbocycles. The molecule has 0 unspecified atom stereocenters. The van der Waals surface area contributed by atoms with Gasteiger partial charge in [-0.2, -0.15) is 0 Å². The van der Waals surface area contributed by atoms with Crippen molar-refractivity contribution in [1.29, 1.82) is 0 Å². The molecule has 2 aromatic heterocycles. The van der Waals surface area contributed by atoms with Gasteiger partial charge in [-0.15, -0.1) is 11.3 Å². The second kappa shape index (κ2) is 6.53. The fraction of sp³-hybridized carbons (Fsp3) is 0.100. The van der Waals surface area contributed by atoms with E-state index in [1.54, 1.807) is 17.7 Å². The molecule has 0 saturated carbocycles. The van der Waals surface area contributed by atoms with Crippen molar-refractivity contribution >= 4 is 38.7 Å². The standard InChI is InChI=1S/C20H18N4S/c1-24(2)16-10-8-15(9-11-16)23-19-17-12-18(14-6-4-3-5-7-14)25-20(17)22-13-21-19/h3-13H,1-2H3,(H,21,22,23). The Bertz CT molecular complexity index is 991. The summed E-state index contributed by atoms with van der Waals surface area (Å²) in [6, 6.07) is 20.8. The van der Waals surface area contributed by atoms with E-state index in [2.05, 4.69) is 74.8 Å². The molecule has 0 fully saturated rings. The summed E-state index contributed by atoms with van der Waals surface area (Å²) in [6.45, 7) is 0. The van der Waals surface area contributed by atoms with Gasteiger partial charge in [0.25, 0.3) is 0 Å². The molecular formula is C20H18N4S. The van der Waals surface area contributed by atoms with Gasteiger partial charge in [-0.25, -0.2) is 9.97 Å². The summed E-state index contributed by atoms with van der Waals surface area (Å²) in [5.41, 5.74) is 3.38. The number of anilines is 3. The zero-order valence-corrected chi connectivity index (χ0v) is 14.9. The van der Waals surface area contributed by atoms with Crippen LogP contribution in [0.3, 0.4) is 0 Å². The van der Waals surface area contributed by atoms with Crippen LogP contribution in [0.5, 0.6) is 0 Å². The molecule has 0 aliphatic rings. The molecule has 124 valence electrons. The Labute approximate surface area is 150 Å². The van der Waals surface area contributed by atoms with Crippen molar-refractivity contribution in [3.63, 3.8) is 0 Å². The van der Waals surface area contributed by atoms with Gasteiger partial charge in [-0.3, -0.25) is 0 Å². The number of aromatic nitrogens is 2. The summed E-state index contributed by atoms with van der Waals surface area (Å²) in [5, 5.41) is 4.46. The summed E-state index contributed by atoms with van der Waals surface area (Å²) in [4.78, 5) is 13.1. The van der Waals surface area contributed by atoms with Gasteiger partial charge in [0.05, 0.1) is 5.39 Å². The van der Waals surface area contributed by atoms with E-state index >= 15 is 0 Å². The first kappa shape index (κ1) is 15.6. The van der Waals surface area contributed by atoms with Crippen LogP contribution in [-0.2, 0) is 0 Å². The molecule has 5 heteroatoms. The van der Waals surface area contributed by atoms with E-state index in [0.29, 0.717) is 0 Å². The van der Waals surface area contributed by atoms with Crippen LogP contribution in [0.4, 0.5) is 17.2 Å². The predicted molar refractivity (Wildman–Crippen MR) is 107 cm³/mol. The summed E-state index contributed by atoms with van der Waals surface area (Å²) in [7, 11) is 4.07. The topological polar surface area (TPSA) is 41.0 Å². The SMILES string of the molecule is CN(C)c1ccc(Nc2ncnc3sc(-c4ccccc4)cc23)cc1. The van der Waals surface area contributed by atoms with E-state index in [1.807, 2.05) is 20.2 Å². The minimum absolute atomic E-state index is 0.834. The Balaban J connectivity index is 1.69. The number of rotatable bonds is 4. The third-order valence-corrected chi connectivity index (χ3v) is 5.13. The molecule has 25 heavy (non-hydrogen) atoms. The molecule has 4 aromatic rings. The number of hydrogen-bond acceptors (Lipinski definition) is 5. The van der Waals surface area contributed by atoms with Gasteiger partial charge < -0.3 is 10.2 Å². The van der Waals surface area contributed by atoms with Crippen molar-refractivity contribution in [2.45, 2.75) is 0 Å². The number of fused-ring (bicyclic) bond motifs is 1. The van der Waals surface area contributed by atoms with Gasteiger partial charge in [0, 0.05) is 30.3 Å². The lowest BCUT2D eigenvalue weighted by Crippen LogP contribution is -2.08. The Morgan fingerprint density at radius 2 is 1.68 bits per heavy atom. The minimum atomic E-state index is 0.834. The molecule has 0 radical (unpaired) electrons. The molecule has 0 atom stereocenters. The fourth-order valence-electron chi connectivity index (χ4n) is 2.68. The number of hydrogen-bond donors (Lipinski definition) is 1. The largest absolute Gasteiger partial charge is 0.378 e. The molecular weight excluding hydrogens is 328 g/mol. The quantitative estimate of drug-likeness (QED) is 0.553. The molecule has 0 aliphatic carbocycles. The minimum Gasteiger partial charge on any atom is -0.378 e. The lowest BCUT2D eigenvalue weighted by Gasteiger charge is -2.13. The van der Waals surface area contributed by atoms with Gasteiger partial charge in [0.15, 0.2) is 0 Å². The van der Waals surface area contributed by atoms with E-state index in [-0.39, 0.29) is 0 Å². The van der Waals surface area contributed by atoms with Crippen LogP contribution in [0.15, 0.2) is 67.0 Å². The lowest BCUT2D eigenvalue weighted by molar-refractivity contribution is 1.13. The van der Waals surface area contributed by atoms with Crippen LogP contribution in [0.1, 0.15) is 0 Å². The van der Waals surface area contributed by atoms with E-state index in [1.165, 1.54) is 16.1 Å². The van der Waals surface area contributed by atoms with Gasteiger partial charge in [0.2, 0.25) is 0 Å². The van der Waals surface area contributed by atoms with Crippen LogP contribution < -0.4 is 10.2 Å². The molecule has 4 rings (SSSR count). The lowest BCUT2D eigenvalue weighted by atomic mass is 10.2. The van der Waals surface area contributed by atoms with Gasteiger partial charge in [0.1, 0.15) is 17.0 Å². The highest BCUT2D eigenvalue weighted by atomic mass is 32.1. The van der Waals surface area contributed by atoms with Crippen molar-refractivity contribution < 1.29 is 0 Å². The average molecular weight is 346 g/mol. The number of benzene rings is 2. The van der Waals surface area contributed by atoms with E-state index in [9.17, 15) is 0 Å². The number of nitrogens with zero attached hydrogens (tertiary/aromatic N) is 3. The Hall–Kier alpha value is -2.92. The maximum atomic E-state index is 4.44. The van der Waals surface area contributed by atoms with Crippen LogP contribution in [0.25, 0.3) is 20.7 Å². The summed E-state index contributed by atoms with van der Waals surface area (Å²) in [6.07, 6.45) is 1.62. The Kier molecular flexibility index (Phi) is 4.07. The maximum absolute atomic E-state index is 4.44. The molecule has 1 N–H and O–H groups in total. The average Bonchev–Trinajstić information content (AvgIpc) is 3.08. The summed E-state index contributed by atoms with van der Waals surface area (Å²) >= 11 is 1.68. The van der Waals surface area contributed by atoms with Crippen molar-refractivity contribution in [3.05, 3.63) is 67.0 Å². The smallest absolute Gasteiger partial charge is 0.142 e. The highest BCUT2D eigenvalue weighted by Crippen LogP contribution is 2.35. The highest BCUT2D eigenvalue weighted by Gasteiger charge is 2.10. The van der Waals surface area contributed by atoms with E-state index in [4.69, 9.17) is 0 Å². The maximum Gasteiger partial charge on any atom is 0.142 e. The number of nitrogens with one attached hydrogen (secondary N) is 1. The first-order valence-corrected chi connectivity index (χ1v) is 8.87. The summed E-state index contributed by atoms with van der Waals surface area (Å²) < 4.78 is 0.